The number of halogens is 1. The molecule has 94 valence electrons. The molecule has 0 radical (unpaired) electrons. The molecule has 4 heteroatoms. The lowest BCUT2D eigenvalue weighted by molar-refractivity contribution is -0.119. The van der Waals surface area contributed by atoms with Crippen LogP contribution in [0.3, 0.4) is 0 Å². The van der Waals surface area contributed by atoms with Gasteiger partial charge in [-0.25, -0.2) is 0 Å². The number of benzene rings is 1. The molecule has 1 amide bonds. The first-order chi connectivity index (χ1) is 8.08. The monoisotopic (exact) mass is 271 g/mol. The van der Waals surface area contributed by atoms with Crippen LogP contribution in [0.15, 0.2) is 35.2 Å². The highest BCUT2D eigenvalue weighted by Gasteiger charge is 2.09. The number of hydrogen-bond donors (Lipinski definition) is 1. The molecule has 2 unspecified atom stereocenters. The zero-order chi connectivity index (χ0) is 12.7. The van der Waals surface area contributed by atoms with Gasteiger partial charge in [0, 0.05) is 16.3 Å². The first-order valence-electron chi connectivity index (χ1n) is 5.69. The van der Waals surface area contributed by atoms with E-state index >= 15 is 0 Å². The van der Waals surface area contributed by atoms with E-state index in [1.54, 1.807) is 11.8 Å². The van der Waals surface area contributed by atoms with Crippen LogP contribution >= 0.6 is 23.4 Å². The minimum atomic E-state index is 0.0590. The second kappa shape index (κ2) is 7.62. The highest BCUT2D eigenvalue weighted by molar-refractivity contribution is 8.00. The Hall–Kier alpha value is -0.670. The van der Waals surface area contributed by atoms with Crippen LogP contribution in [0.2, 0.25) is 0 Å². The number of alkyl halides is 1. The molecule has 0 aromatic heterocycles. The number of hydrogen-bond acceptors (Lipinski definition) is 2. The molecule has 2 atom stereocenters. The first-order valence-corrected chi connectivity index (χ1v) is 7.11. The molecule has 0 spiro atoms. The van der Waals surface area contributed by atoms with Crippen molar-refractivity contribution in [3.8, 4) is 0 Å². The van der Waals surface area contributed by atoms with Crippen molar-refractivity contribution >= 4 is 29.3 Å². The van der Waals surface area contributed by atoms with E-state index in [0.717, 1.165) is 11.3 Å². The second-order valence-corrected chi connectivity index (χ2v) is 5.88. The fourth-order valence-corrected chi connectivity index (χ4v) is 2.53. The second-order valence-electron chi connectivity index (χ2n) is 4.09. The SMILES string of the molecule is CC(Cl)CC(C)NC(=O)CSc1ccccc1. The summed E-state index contributed by atoms with van der Waals surface area (Å²) in [5, 5.41) is 3.03. The summed E-state index contributed by atoms with van der Waals surface area (Å²) in [5.74, 6) is 0.508. The molecule has 0 saturated heterocycles. The van der Waals surface area contributed by atoms with Gasteiger partial charge in [0.1, 0.15) is 0 Å². The van der Waals surface area contributed by atoms with Gasteiger partial charge >= 0.3 is 0 Å². The minimum absolute atomic E-state index is 0.0590. The fraction of sp³-hybridized carbons (Fsp3) is 0.462. The molecule has 0 aliphatic rings. The Balaban J connectivity index is 2.26. The number of rotatable bonds is 6. The van der Waals surface area contributed by atoms with Gasteiger partial charge in [0.05, 0.1) is 5.75 Å². The topological polar surface area (TPSA) is 29.1 Å². The van der Waals surface area contributed by atoms with Gasteiger partial charge in [-0.3, -0.25) is 4.79 Å². The lowest BCUT2D eigenvalue weighted by Gasteiger charge is -2.14. The lowest BCUT2D eigenvalue weighted by atomic mass is 10.2. The Morgan fingerprint density at radius 1 is 1.35 bits per heavy atom. The summed E-state index contributed by atoms with van der Waals surface area (Å²) in [4.78, 5) is 12.7. The molecule has 0 aliphatic carbocycles. The highest BCUT2D eigenvalue weighted by Crippen LogP contribution is 2.16. The zero-order valence-corrected chi connectivity index (χ0v) is 11.7. The zero-order valence-electron chi connectivity index (χ0n) is 10.2. The van der Waals surface area contributed by atoms with Gasteiger partial charge in [-0.05, 0) is 32.4 Å². The predicted molar refractivity (Wildman–Crippen MR) is 74.7 cm³/mol. The molecule has 0 saturated carbocycles. The summed E-state index contributed by atoms with van der Waals surface area (Å²) in [6.07, 6.45) is 0.795. The molecule has 0 bridgehead atoms. The van der Waals surface area contributed by atoms with E-state index in [-0.39, 0.29) is 17.3 Å². The quantitative estimate of drug-likeness (QED) is 0.635. The summed E-state index contributed by atoms with van der Waals surface area (Å²) in [6, 6.07) is 10.0. The molecule has 0 heterocycles. The molecule has 17 heavy (non-hydrogen) atoms. The van der Waals surface area contributed by atoms with Crippen LogP contribution in [-0.4, -0.2) is 23.1 Å². The molecule has 0 fully saturated rings. The molecule has 1 aromatic carbocycles. The van der Waals surface area contributed by atoms with Crippen LogP contribution in [0.4, 0.5) is 0 Å². The third-order valence-corrected chi connectivity index (χ3v) is 3.39. The molecular formula is C13H18ClNOS. The normalized spacial score (nSPS) is 14.1. The summed E-state index contributed by atoms with van der Waals surface area (Å²) >= 11 is 7.42. The van der Waals surface area contributed by atoms with Gasteiger partial charge < -0.3 is 5.32 Å². The van der Waals surface area contributed by atoms with Crippen LogP contribution < -0.4 is 5.32 Å². The Morgan fingerprint density at radius 2 is 2.00 bits per heavy atom. The van der Waals surface area contributed by atoms with Crippen LogP contribution in [0.25, 0.3) is 0 Å². The number of carbonyl (C=O) groups excluding carboxylic acids is 1. The average Bonchev–Trinajstić information content (AvgIpc) is 2.26. The largest absolute Gasteiger partial charge is 0.353 e. The van der Waals surface area contributed by atoms with Gasteiger partial charge in [-0.1, -0.05) is 18.2 Å². The summed E-state index contributed by atoms with van der Waals surface area (Å²) < 4.78 is 0. The standard InChI is InChI=1S/C13H18ClNOS/c1-10(14)8-11(2)15-13(16)9-17-12-6-4-3-5-7-12/h3-7,10-11H,8-9H2,1-2H3,(H,15,16). The highest BCUT2D eigenvalue weighted by atomic mass is 35.5. The van der Waals surface area contributed by atoms with Crippen molar-refractivity contribution in [1.82, 2.24) is 5.32 Å². The van der Waals surface area contributed by atoms with Crippen molar-refractivity contribution in [2.45, 2.75) is 36.6 Å². The van der Waals surface area contributed by atoms with Crippen LogP contribution in [0, 0.1) is 0 Å². The fourth-order valence-electron chi connectivity index (χ4n) is 1.53. The summed E-state index contributed by atoms with van der Waals surface area (Å²) in [5.41, 5.74) is 0. The molecular weight excluding hydrogens is 254 g/mol. The summed E-state index contributed by atoms with van der Waals surface area (Å²) in [6.45, 7) is 3.91. The van der Waals surface area contributed by atoms with E-state index in [9.17, 15) is 4.79 Å². The maximum Gasteiger partial charge on any atom is 0.230 e. The number of thioether (sulfide) groups is 1. The van der Waals surface area contributed by atoms with Crippen LogP contribution in [0.1, 0.15) is 20.3 Å². The van der Waals surface area contributed by atoms with E-state index in [1.807, 2.05) is 44.2 Å². The predicted octanol–water partition coefficient (Wildman–Crippen LogP) is 3.30. The van der Waals surface area contributed by atoms with Gasteiger partial charge in [-0.15, -0.1) is 23.4 Å². The van der Waals surface area contributed by atoms with Crippen molar-refractivity contribution in [2.24, 2.45) is 0 Å². The Labute approximate surface area is 112 Å². The van der Waals surface area contributed by atoms with Gasteiger partial charge in [0.2, 0.25) is 5.91 Å². The Kier molecular flexibility index (Phi) is 6.45. The average molecular weight is 272 g/mol. The van der Waals surface area contributed by atoms with Crippen LogP contribution in [0.5, 0.6) is 0 Å². The number of nitrogens with one attached hydrogen (secondary N) is 1. The Morgan fingerprint density at radius 3 is 2.59 bits per heavy atom. The minimum Gasteiger partial charge on any atom is -0.353 e. The van der Waals surface area contributed by atoms with Crippen molar-refractivity contribution in [3.63, 3.8) is 0 Å². The van der Waals surface area contributed by atoms with Crippen molar-refractivity contribution in [3.05, 3.63) is 30.3 Å². The van der Waals surface area contributed by atoms with Crippen molar-refractivity contribution in [1.29, 1.82) is 0 Å². The maximum atomic E-state index is 11.6. The third-order valence-electron chi connectivity index (χ3n) is 2.20. The Bertz CT molecular complexity index is 343. The molecule has 0 aliphatic heterocycles. The lowest BCUT2D eigenvalue weighted by Crippen LogP contribution is -2.35. The smallest absolute Gasteiger partial charge is 0.230 e. The summed E-state index contributed by atoms with van der Waals surface area (Å²) in [7, 11) is 0. The van der Waals surface area contributed by atoms with Gasteiger partial charge in [-0.2, -0.15) is 0 Å². The molecule has 1 aromatic rings. The molecule has 1 N–H and O–H groups in total. The van der Waals surface area contributed by atoms with Crippen LogP contribution in [-0.2, 0) is 4.79 Å². The van der Waals surface area contributed by atoms with E-state index < -0.39 is 0 Å². The van der Waals surface area contributed by atoms with Crippen molar-refractivity contribution < 1.29 is 4.79 Å². The first kappa shape index (κ1) is 14.4. The molecule has 2 nitrogen and oxygen atoms in total. The van der Waals surface area contributed by atoms with E-state index in [0.29, 0.717) is 5.75 Å². The molecule has 1 rings (SSSR count). The van der Waals surface area contributed by atoms with E-state index in [4.69, 9.17) is 11.6 Å². The third kappa shape index (κ3) is 6.59. The van der Waals surface area contributed by atoms with E-state index in [1.165, 1.54) is 0 Å². The van der Waals surface area contributed by atoms with E-state index in [2.05, 4.69) is 5.32 Å². The van der Waals surface area contributed by atoms with Gasteiger partial charge in [0.25, 0.3) is 0 Å². The van der Waals surface area contributed by atoms with Gasteiger partial charge in [0.15, 0.2) is 0 Å². The maximum absolute atomic E-state index is 11.6. The number of amides is 1. The number of carbonyl (C=O) groups is 1. The van der Waals surface area contributed by atoms with Crippen molar-refractivity contribution in [2.75, 3.05) is 5.75 Å².